The van der Waals surface area contributed by atoms with E-state index in [1.54, 1.807) is 56.8 Å². The molecule has 3 aromatic rings. The Kier molecular flexibility index (Phi) is 6.83. The fraction of sp³-hybridized carbons (Fsp3) is 0.478. The molecule has 0 unspecified atom stereocenters. The van der Waals surface area contributed by atoms with Gasteiger partial charge in [-0.15, -0.1) is 0 Å². The van der Waals surface area contributed by atoms with Gasteiger partial charge in [0.1, 0.15) is 30.9 Å². The summed E-state index contributed by atoms with van der Waals surface area (Å²) in [4.78, 5) is 52.4. The molecular weight excluding hydrogens is 456 g/mol. The SMILES string of the molecule is CC(C)C(=O)OC[C@H]1O[C@@H](n2c(-c3cccnc3)nc3c(=O)[nH]c(N)nc32)C[C@@H]1OC(=O)C(C)C. The van der Waals surface area contributed by atoms with E-state index >= 15 is 0 Å². The minimum absolute atomic E-state index is 0.0760. The Balaban J connectivity index is 1.75. The van der Waals surface area contributed by atoms with Crippen LogP contribution >= 0.6 is 0 Å². The highest BCUT2D eigenvalue weighted by atomic mass is 16.6. The van der Waals surface area contributed by atoms with E-state index in [-0.39, 0.29) is 42.0 Å². The molecule has 4 heterocycles. The molecule has 12 nitrogen and oxygen atoms in total. The third kappa shape index (κ3) is 5.02. The third-order valence-electron chi connectivity index (χ3n) is 5.56. The van der Waals surface area contributed by atoms with Crippen LogP contribution in [0, 0.1) is 11.8 Å². The van der Waals surface area contributed by atoms with Crippen LogP contribution in [0.4, 0.5) is 5.95 Å². The lowest BCUT2D eigenvalue weighted by atomic mass is 10.1. The lowest BCUT2D eigenvalue weighted by Gasteiger charge is -2.20. The second-order valence-corrected chi connectivity index (χ2v) is 8.95. The summed E-state index contributed by atoms with van der Waals surface area (Å²) in [6.07, 6.45) is 1.26. The van der Waals surface area contributed by atoms with Gasteiger partial charge in [0.15, 0.2) is 11.2 Å². The Hall–Kier alpha value is -3.80. The number of nitrogens with zero attached hydrogens (tertiary/aromatic N) is 4. The van der Waals surface area contributed by atoms with E-state index in [4.69, 9.17) is 19.9 Å². The number of esters is 2. The number of ether oxygens (including phenoxy) is 3. The number of aromatic nitrogens is 5. The molecule has 0 amide bonds. The van der Waals surface area contributed by atoms with Crippen LogP contribution in [0.5, 0.6) is 0 Å². The highest BCUT2D eigenvalue weighted by molar-refractivity contribution is 5.77. The van der Waals surface area contributed by atoms with Gasteiger partial charge >= 0.3 is 11.9 Å². The van der Waals surface area contributed by atoms with E-state index in [1.807, 2.05) is 0 Å². The van der Waals surface area contributed by atoms with Crippen LogP contribution in [0.3, 0.4) is 0 Å². The van der Waals surface area contributed by atoms with Gasteiger partial charge in [-0.05, 0) is 12.1 Å². The molecule has 0 bridgehead atoms. The first kappa shape index (κ1) is 24.3. The van der Waals surface area contributed by atoms with Gasteiger partial charge < -0.3 is 19.9 Å². The molecular formula is C23H28N6O6. The number of nitrogens with two attached hydrogens (primary N) is 1. The molecule has 3 aromatic heterocycles. The fourth-order valence-corrected chi connectivity index (χ4v) is 3.72. The topological polar surface area (TPSA) is 164 Å². The predicted octanol–water partition coefficient (Wildman–Crippen LogP) is 1.82. The van der Waals surface area contributed by atoms with Crippen molar-refractivity contribution in [2.45, 2.75) is 52.6 Å². The van der Waals surface area contributed by atoms with E-state index in [1.165, 1.54) is 0 Å². The van der Waals surface area contributed by atoms with E-state index in [2.05, 4.69) is 19.9 Å². The summed E-state index contributed by atoms with van der Waals surface area (Å²) in [7, 11) is 0. The quantitative estimate of drug-likeness (QED) is 0.473. The maximum atomic E-state index is 12.6. The van der Waals surface area contributed by atoms with Gasteiger partial charge in [-0.1, -0.05) is 27.7 Å². The summed E-state index contributed by atoms with van der Waals surface area (Å²) in [5.41, 5.74) is 6.23. The number of rotatable bonds is 7. The molecule has 0 aliphatic carbocycles. The number of nitrogens with one attached hydrogen (secondary N) is 1. The van der Waals surface area contributed by atoms with Crippen LogP contribution in [0.2, 0.25) is 0 Å². The second kappa shape index (κ2) is 9.82. The van der Waals surface area contributed by atoms with Crippen molar-refractivity contribution in [3.8, 4) is 11.4 Å². The van der Waals surface area contributed by atoms with Gasteiger partial charge in [0.25, 0.3) is 5.56 Å². The number of pyridine rings is 1. The van der Waals surface area contributed by atoms with Crippen LogP contribution < -0.4 is 11.3 Å². The molecule has 0 radical (unpaired) electrons. The molecule has 1 saturated heterocycles. The molecule has 35 heavy (non-hydrogen) atoms. The summed E-state index contributed by atoms with van der Waals surface area (Å²) in [5, 5.41) is 0. The number of imidazole rings is 1. The number of hydrogen-bond acceptors (Lipinski definition) is 10. The lowest BCUT2D eigenvalue weighted by Crippen LogP contribution is -2.33. The zero-order chi connectivity index (χ0) is 25.3. The number of fused-ring (bicyclic) bond motifs is 1. The normalized spacial score (nSPS) is 20.0. The maximum absolute atomic E-state index is 12.6. The Bertz CT molecular complexity index is 1280. The molecule has 3 atom stereocenters. The first-order chi connectivity index (χ1) is 16.7. The molecule has 12 heteroatoms. The van der Waals surface area contributed by atoms with Crippen molar-refractivity contribution in [1.29, 1.82) is 0 Å². The molecule has 3 N–H and O–H groups in total. The zero-order valence-electron chi connectivity index (χ0n) is 19.9. The largest absolute Gasteiger partial charge is 0.463 e. The number of H-pyrrole nitrogens is 1. The maximum Gasteiger partial charge on any atom is 0.308 e. The van der Waals surface area contributed by atoms with Crippen molar-refractivity contribution in [2.24, 2.45) is 11.8 Å². The third-order valence-corrected chi connectivity index (χ3v) is 5.56. The fourth-order valence-electron chi connectivity index (χ4n) is 3.72. The molecule has 1 fully saturated rings. The minimum Gasteiger partial charge on any atom is -0.463 e. The Labute approximate surface area is 200 Å². The standard InChI is InChI=1S/C23H28N6O6/c1-11(2)21(31)33-10-15-14(35-22(32)12(3)4)8-16(34-15)29-18(13-6-5-7-25-9-13)26-17-19(29)27-23(24)28-20(17)30/h5-7,9,11-12,14-16H,8,10H2,1-4H3,(H3,24,27,28,30)/t14-,15+,16+/m0/s1. The number of anilines is 1. The van der Waals surface area contributed by atoms with Crippen LogP contribution in [0.25, 0.3) is 22.6 Å². The van der Waals surface area contributed by atoms with Gasteiger partial charge in [0.05, 0.1) is 11.8 Å². The minimum atomic E-state index is -0.739. The Morgan fingerprint density at radius 3 is 2.63 bits per heavy atom. The predicted molar refractivity (Wildman–Crippen MR) is 125 cm³/mol. The summed E-state index contributed by atoms with van der Waals surface area (Å²) >= 11 is 0. The average molecular weight is 485 g/mol. The average Bonchev–Trinajstić information content (AvgIpc) is 3.39. The van der Waals surface area contributed by atoms with Gasteiger partial charge in [0, 0.05) is 24.4 Å². The van der Waals surface area contributed by atoms with Gasteiger partial charge in [-0.3, -0.25) is 28.9 Å². The van der Waals surface area contributed by atoms with Crippen molar-refractivity contribution < 1.29 is 23.8 Å². The van der Waals surface area contributed by atoms with E-state index in [0.29, 0.717) is 11.4 Å². The highest BCUT2D eigenvalue weighted by Gasteiger charge is 2.42. The summed E-state index contributed by atoms with van der Waals surface area (Å²) < 4.78 is 19.0. The Morgan fingerprint density at radius 2 is 1.97 bits per heavy atom. The van der Waals surface area contributed by atoms with Crippen molar-refractivity contribution in [1.82, 2.24) is 24.5 Å². The lowest BCUT2D eigenvalue weighted by molar-refractivity contribution is -0.162. The molecule has 0 saturated carbocycles. The molecule has 0 aromatic carbocycles. The smallest absolute Gasteiger partial charge is 0.308 e. The van der Waals surface area contributed by atoms with E-state index in [0.717, 1.165) is 0 Å². The summed E-state index contributed by atoms with van der Waals surface area (Å²) in [6.45, 7) is 6.80. The summed E-state index contributed by atoms with van der Waals surface area (Å²) in [6, 6.07) is 3.53. The monoisotopic (exact) mass is 484 g/mol. The van der Waals surface area contributed by atoms with Crippen LogP contribution in [0.1, 0.15) is 40.3 Å². The second-order valence-electron chi connectivity index (χ2n) is 8.95. The first-order valence-electron chi connectivity index (χ1n) is 11.4. The van der Waals surface area contributed by atoms with E-state index in [9.17, 15) is 14.4 Å². The van der Waals surface area contributed by atoms with Crippen LogP contribution in [-0.2, 0) is 23.8 Å². The summed E-state index contributed by atoms with van der Waals surface area (Å²) in [5.74, 6) is -1.16. The van der Waals surface area contributed by atoms with Crippen molar-refractivity contribution >= 4 is 29.1 Å². The molecule has 1 aliphatic heterocycles. The van der Waals surface area contributed by atoms with Crippen molar-refractivity contribution in [2.75, 3.05) is 12.3 Å². The van der Waals surface area contributed by atoms with Gasteiger partial charge in [-0.2, -0.15) is 4.98 Å². The van der Waals surface area contributed by atoms with Gasteiger partial charge in [-0.25, -0.2) is 4.98 Å². The molecule has 4 rings (SSSR count). The molecule has 1 aliphatic rings. The Morgan fingerprint density at radius 1 is 1.23 bits per heavy atom. The highest BCUT2D eigenvalue weighted by Crippen LogP contribution is 2.36. The van der Waals surface area contributed by atoms with Gasteiger partial charge in [0.2, 0.25) is 5.95 Å². The van der Waals surface area contributed by atoms with Crippen molar-refractivity contribution in [3.63, 3.8) is 0 Å². The number of carbonyl (C=O) groups excluding carboxylic acids is 2. The number of nitrogen functional groups attached to an aromatic ring is 1. The van der Waals surface area contributed by atoms with E-state index < -0.39 is 35.9 Å². The molecule has 186 valence electrons. The van der Waals surface area contributed by atoms with Crippen LogP contribution in [-0.4, -0.2) is 55.3 Å². The number of carbonyl (C=O) groups is 2. The first-order valence-corrected chi connectivity index (χ1v) is 11.4. The van der Waals surface area contributed by atoms with Crippen LogP contribution in [0.15, 0.2) is 29.3 Å². The zero-order valence-corrected chi connectivity index (χ0v) is 19.9. The number of hydrogen-bond donors (Lipinski definition) is 2. The number of aromatic amines is 1. The van der Waals surface area contributed by atoms with Crippen molar-refractivity contribution in [3.05, 3.63) is 34.9 Å². The molecule has 0 spiro atoms.